The van der Waals surface area contributed by atoms with Crippen molar-refractivity contribution in [2.75, 3.05) is 14.2 Å². The molecule has 4 unspecified atom stereocenters. The van der Waals surface area contributed by atoms with Crippen LogP contribution >= 0.6 is 0 Å². The Morgan fingerprint density at radius 3 is 2.31 bits per heavy atom. The molecule has 0 spiro atoms. The summed E-state index contributed by atoms with van der Waals surface area (Å²) in [5.41, 5.74) is -0.607. The maximum absolute atomic E-state index is 11.1. The number of fused-ring (bicyclic) bond motifs is 1. The van der Waals surface area contributed by atoms with Gasteiger partial charge in [0.25, 0.3) is 0 Å². The zero-order valence-corrected chi connectivity index (χ0v) is 9.76. The smallest absolute Gasteiger partial charge is 0.424 e. The van der Waals surface area contributed by atoms with Gasteiger partial charge in [0.05, 0.1) is 5.60 Å². The van der Waals surface area contributed by atoms with Crippen molar-refractivity contribution in [2.45, 2.75) is 44.1 Å². The average Bonchev–Trinajstić information content (AvgIpc) is 2.57. The van der Waals surface area contributed by atoms with Gasteiger partial charge in [0, 0.05) is 14.2 Å². The Labute approximate surface area is 93.7 Å². The fraction of sp³-hybridized carbons (Fsp3) is 0.900. The van der Waals surface area contributed by atoms with Gasteiger partial charge in [-0.2, -0.15) is 0 Å². The van der Waals surface area contributed by atoms with Gasteiger partial charge in [-0.3, -0.25) is 0 Å². The third kappa shape index (κ3) is 1.66. The van der Waals surface area contributed by atoms with Crippen LogP contribution in [-0.2, 0) is 23.7 Å². The van der Waals surface area contributed by atoms with Crippen molar-refractivity contribution in [3.8, 4) is 0 Å². The second-order valence-electron chi connectivity index (χ2n) is 4.40. The first-order valence-corrected chi connectivity index (χ1v) is 5.10. The third-order valence-electron chi connectivity index (χ3n) is 2.95. The summed E-state index contributed by atoms with van der Waals surface area (Å²) in [6, 6.07) is 0. The highest BCUT2D eigenvalue weighted by atomic mass is 16.8. The van der Waals surface area contributed by atoms with Crippen LogP contribution in [0.3, 0.4) is 0 Å². The van der Waals surface area contributed by atoms with Crippen molar-refractivity contribution in [1.82, 2.24) is 0 Å². The van der Waals surface area contributed by atoms with Crippen LogP contribution in [0.1, 0.15) is 13.8 Å². The van der Waals surface area contributed by atoms with E-state index in [1.54, 1.807) is 7.11 Å². The Bertz CT molecular complexity index is 289. The molecule has 0 aromatic carbocycles. The lowest BCUT2D eigenvalue weighted by Gasteiger charge is -2.44. The highest BCUT2D eigenvalue weighted by molar-refractivity contribution is 5.63. The Balaban J connectivity index is 2.26. The Morgan fingerprint density at radius 1 is 1.12 bits per heavy atom. The van der Waals surface area contributed by atoms with Gasteiger partial charge >= 0.3 is 6.16 Å². The van der Waals surface area contributed by atoms with Crippen molar-refractivity contribution >= 4 is 6.16 Å². The summed E-state index contributed by atoms with van der Waals surface area (Å²) in [5.74, 6) is 0. The van der Waals surface area contributed by atoms with E-state index in [-0.39, 0.29) is 6.10 Å². The van der Waals surface area contributed by atoms with Crippen LogP contribution in [-0.4, -0.2) is 50.6 Å². The molecule has 92 valence electrons. The maximum Gasteiger partial charge on any atom is 0.509 e. The van der Waals surface area contributed by atoms with Gasteiger partial charge < -0.3 is 23.7 Å². The molecular weight excluding hydrogens is 216 g/mol. The zero-order chi connectivity index (χ0) is 11.9. The van der Waals surface area contributed by atoms with E-state index in [9.17, 15) is 4.79 Å². The second kappa shape index (κ2) is 3.87. The summed E-state index contributed by atoms with van der Waals surface area (Å²) in [4.78, 5) is 11.1. The highest BCUT2D eigenvalue weighted by Gasteiger charge is 2.58. The molecule has 0 radical (unpaired) electrons. The predicted molar refractivity (Wildman–Crippen MR) is 51.9 cm³/mol. The number of ether oxygens (including phenoxy) is 5. The Morgan fingerprint density at radius 2 is 1.75 bits per heavy atom. The second-order valence-corrected chi connectivity index (χ2v) is 4.40. The molecule has 0 aromatic heterocycles. The molecule has 2 aliphatic heterocycles. The molecule has 2 aliphatic rings. The summed E-state index contributed by atoms with van der Waals surface area (Å²) in [6.07, 6.45) is -2.78. The van der Waals surface area contributed by atoms with E-state index in [4.69, 9.17) is 23.7 Å². The van der Waals surface area contributed by atoms with E-state index in [0.29, 0.717) is 0 Å². The molecule has 0 aromatic rings. The van der Waals surface area contributed by atoms with Crippen LogP contribution in [0.4, 0.5) is 4.79 Å². The van der Waals surface area contributed by atoms with E-state index >= 15 is 0 Å². The Hall–Kier alpha value is -0.850. The first-order valence-electron chi connectivity index (χ1n) is 5.10. The van der Waals surface area contributed by atoms with Crippen LogP contribution in [0.2, 0.25) is 0 Å². The minimum absolute atomic E-state index is 0.379. The molecule has 16 heavy (non-hydrogen) atoms. The average molecular weight is 232 g/mol. The molecule has 0 bridgehead atoms. The summed E-state index contributed by atoms with van der Waals surface area (Å²) < 4.78 is 26.2. The number of carbonyl (C=O) groups is 1. The summed E-state index contributed by atoms with van der Waals surface area (Å²) in [7, 11) is 3.04. The van der Waals surface area contributed by atoms with Gasteiger partial charge in [0.1, 0.15) is 6.10 Å². The zero-order valence-electron chi connectivity index (χ0n) is 9.76. The molecule has 4 atom stereocenters. The SMILES string of the molecule is COC1OC(C)(C)C(OC)C2OC(=O)OC12. The topological polar surface area (TPSA) is 63.2 Å². The van der Waals surface area contributed by atoms with Crippen LogP contribution in [0.25, 0.3) is 0 Å². The molecule has 2 saturated heterocycles. The van der Waals surface area contributed by atoms with Gasteiger partial charge in [0.2, 0.25) is 0 Å². The van der Waals surface area contributed by atoms with Crippen molar-refractivity contribution in [1.29, 1.82) is 0 Å². The molecule has 0 saturated carbocycles. The first-order chi connectivity index (χ1) is 7.49. The highest BCUT2D eigenvalue weighted by Crippen LogP contribution is 2.37. The van der Waals surface area contributed by atoms with Crippen molar-refractivity contribution in [3.05, 3.63) is 0 Å². The molecule has 6 heteroatoms. The van der Waals surface area contributed by atoms with E-state index in [1.165, 1.54) is 7.11 Å². The van der Waals surface area contributed by atoms with E-state index < -0.39 is 30.3 Å². The fourth-order valence-electron chi connectivity index (χ4n) is 2.26. The van der Waals surface area contributed by atoms with E-state index in [2.05, 4.69) is 0 Å². The molecule has 0 amide bonds. The van der Waals surface area contributed by atoms with Crippen LogP contribution in [0.15, 0.2) is 0 Å². The predicted octanol–water partition coefficient (Wildman–Crippen LogP) is 0.687. The van der Waals surface area contributed by atoms with Crippen molar-refractivity contribution in [3.63, 3.8) is 0 Å². The van der Waals surface area contributed by atoms with Crippen LogP contribution in [0.5, 0.6) is 0 Å². The number of hydrogen-bond acceptors (Lipinski definition) is 6. The lowest BCUT2D eigenvalue weighted by molar-refractivity contribution is -0.299. The van der Waals surface area contributed by atoms with Crippen molar-refractivity contribution in [2.24, 2.45) is 0 Å². The van der Waals surface area contributed by atoms with Gasteiger partial charge in [-0.25, -0.2) is 4.79 Å². The minimum atomic E-state index is -0.708. The van der Waals surface area contributed by atoms with E-state index in [1.807, 2.05) is 13.8 Å². The maximum atomic E-state index is 11.1. The van der Waals surface area contributed by atoms with Gasteiger partial charge in [0.15, 0.2) is 18.5 Å². The third-order valence-corrected chi connectivity index (χ3v) is 2.95. The van der Waals surface area contributed by atoms with E-state index in [0.717, 1.165) is 0 Å². The van der Waals surface area contributed by atoms with Crippen molar-refractivity contribution < 1.29 is 28.5 Å². The molecular formula is C10H16O6. The Kier molecular flexibility index (Phi) is 2.81. The summed E-state index contributed by atoms with van der Waals surface area (Å²) in [6.45, 7) is 3.71. The van der Waals surface area contributed by atoms with Gasteiger partial charge in [-0.15, -0.1) is 0 Å². The van der Waals surface area contributed by atoms with Crippen LogP contribution in [0, 0.1) is 0 Å². The minimum Gasteiger partial charge on any atom is -0.424 e. The number of methoxy groups -OCH3 is 2. The molecule has 2 fully saturated rings. The summed E-state index contributed by atoms with van der Waals surface area (Å²) in [5, 5.41) is 0. The largest absolute Gasteiger partial charge is 0.509 e. The number of carbonyl (C=O) groups excluding carboxylic acids is 1. The monoisotopic (exact) mass is 232 g/mol. The molecule has 0 N–H and O–H groups in total. The number of hydrogen-bond donors (Lipinski definition) is 0. The molecule has 0 aliphatic carbocycles. The lowest BCUT2D eigenvalue weighted by atomic mass is 9.90. The summed E-state index contributed by atoms with van der Waals surface area (Å²) >= 11 is 0. The molecule has 2 rings (SSSR count). The number of rotatable bonds is 2. The first kappa shape index (κ1) is 11.6. The lowest BCUT2D eigenvalue weighted by Crippen LogP contribution is -2.61. The van der Waals surface area contributed by atoms with Gasteiger partial charge in [-0.1, -0.05) is 0 Å². The normalized spacial score (nSPS) is 41.1. The van der Waals surface area contributed by atoms with Gasteiger partial charge in [-0.05, 0) is 13.8 Å². The fourth-order valence-corrected chi connectivity index (χ4v) is 2.26. The van der Waals surface area contributed by atoms with Crippen LogP contribution < -0.4 is 0 Å². The molecule has 2 heterocycles. The quantitative estimate of drug-likeness (QED) is 0.652. The molecule has 6 nitrogen and oxygen atoms in total. The standard InChI is InChI=1S/C10H16O6/c1-10(2)7(12-3)5-6(8(13-4)16-10)15-9(11)14-5/h5-8H,1-4H3.